The van der Waals surface area contributed by atoms with Crippen LogP contribution in [-0.4, -0.2) is 67.7 Å². The molecular formula is C27H38F3N5O. The van der Waals surface area contributed by atoms with E-state index in [1.54, 1.807) is 4.90 Å². The first-order valence-electron chi connectivity index (χ1n) is 12.4. The number of aromatic amines is 1. The Morgan fingerprint density at radius 1 is 1.31 bits per heavy atom. The predicted molar refractivity (Wildman–Crippen MR) is 140 cm³/mol. The summed E-state index contributed by atoms with van der Waals surface area (Å²) in [6.07, 6.45) is 2.94. The average Bonchev–Trinajstić information content (AvgIpc) is 3.20. The van der Waals surface area contributed by atoms with Crippen molar-refractivity contribution >= 4 is 16.8 Å². The van der Waals surface area contributed by atoms with Crippen LogP contribution in [0, 0.1) is 0 Å². The molecule has 0 radical (unpaired) electrons. The molecule has 1 aromatic carbocycles. The van der Waals surface area contributed by atoms with Crippen LogP contribution in [-0.2, 0) is 11.2 Å². The molecule has 3 rings (SSSR count). The Labute approximate surface area is 211 Å². The molecule has 1 aromatic heterocycles. The summed E-state index contributed by atoms with van der Waals surface area (Å²) >= 11 is 0. The monoisotopic (exact) mass is 505 g/mol. The molecule has 1 aliphatic heterocycles. The van der Waals surface area contributed by atoms with E-state index in [1.807, 2.05) is 38.1 Å². The molecule has 198 valence electrons. The first kappa shape index (κ1) is 27.8. The largest absolute Gasteiger partial charge is 0.481 e. The van der Waals surface area contributed by atoms with Gasteiger partial charge in [-0.25, -0.2) is 8.78 Å². The Morgan fingerprint density at radius 3 is 2.72 bits per heavy atom. The zero-order valence-electron chi connectivity index (χ0n) is 21.6. The molecule has 3 N–H and O–H groups in total. The lowest BCUT2D eigenvalue weighted by Gasteiger charge is -2.42. The minimum Gasteiger partial charge on any atom is -0.481 e. The summed E-state index contributed by atoms with van der Waals surface area (Å²) in [7, 11) is 1.51. The molecule has 0 saturated carbocycles. The molecule has 1 aliphatic rings. The zero-order chi connectivity index (χ0) is 26.3. The molecule has 2 heterocycles. The number of alkyl halides is 3. The van der Waals surface area contributed by atoms with Gasteiger partial charge in [0.05, 0.1) is 26.4 Å². The normalized spacial score (nSPS) is 19.4. The van der Waals surface area contributed by atoms with Gasteiger partial charge >= 0.3 is 0 Å². The van der Waals surface area contributed by atoms with Crippen molar-refractivity contribution in [2.45, 2.75) is 51.6 Å². The van der Waals surface area contributed by atoms with E-state index in [-0.39, 0.29) is 18.6 Å². The fourth-order valence-corrected chi connectivity index (χ4v) is 4.73. The predicted octanol–water partition coefficient (Wildman–Crippen LogP) is 5.11. The number of rotatable bonds is 12. The number of halogens is 3. The number of nitrogens with zero attached hydrogens (tertiary/aromatic N) is 2. The van der Waals surface area contributed by atoms with E-state index in [1.165, 1.54) is 7.11 Å². The summed E-state index contributed by atoms with van der Waals surface area (Å²) in [5.41, 5.74) is 3.42. The van der Waals surface area contributed by atoms with E-state index in [4.69, 9.17) is 4.74 Å². The Kier molecular flexibility index (Phi) is 9.62. The highest BCUT2D eigenvalue weighted by Crippen LogP contribution is 2.42. The van der Waals surface area contributed by atoms with Gasteiger partial charge in [0.25, 0.3) is 5.92 Å². The minimum absolute atomic E-state index is 0.142. The number of para-hydroxylation sites is 1. The summed E-state index contributed by atoms with van der Waals surface area (Å²) in [5, 5.41) is 7.47. The molecule has 0 saturated heterocycles. The third-order valence-electron chi connectivity index (χ3n) is 6.37. The number of hydrogen-bond donors (Lipinski definition) is 3. The van der Waals surface area contributed by atoms with Crippen LogP contribution in [0.2, 0.25) is 0 Å². The van der Waals surface area contributed by atoms with Crippen LogP contribution in [0.15, 0.2) is 53.3 Å². The van der Waals surface area contributed by atoms with Gasteiger partial charge in [0.2, 0.25) is 5.90 Å². The molecule has 36 heavy (non-hydrogen) atoms. The van der Waals surface area contributed by atoms with Crippen molar-refractivity contribution in [2.75, 3.05) is 40.0 Å². The molecule has 0 amide bonds. The molecule has 2 aromatic rings. The lowest BCUT2D eigenvalue weighted by Crippen LogP contribution is -2.48. The molecular weight excluding hydrogens is 467 g/mol. The van der Waals surface area contributed by atoms with Gasteiger partial charge in [-0.1, -0.05) is 24.8 Å². The number of methoxy groups -OCH3 is 1. The molecule has 0 aliphatic carbocycles. The third kappa shape index (κ3) is 6.70. The van der Waals surface area contributed by atoms with Gasteiger partial charge in [-0.2, -0.15) is 4.99 Å². The van der Waals surface area contributed by atoms with Gasteiger partial charge in [0.15, 0.2) is 0 Å². The van der Waals surface area contributed by atoms with Gasteiger partial charge in [-0.05, 0) is 50.9 Å². The second kappa shape index (κ2) is 12.5. The van der Waals surface area contributed by atoms with Crippen LogP contribution < -0.4 is 10.6 Å². The van der Waals surface area contributed by atoms with Crippen LogP contribution in [0.4, 0.5) is 13.2 Å². The van der Waals surface area contributed by atoms with Crippen LogP contribution >= 0.6 is 0 Å². The highest BCUT2D eigenvalue weighted by atomic mass is 19.3. The van der Waals surface area contributed by atoms with Crippen LogP contribution in [0.3, 0.4) is 0 Å². The third-order valence-corrected chi connectivity index (χ3v) is 6.37. The van der Waals surface area contributed by atoms with Gasteiger partial charge < -0.3 is 20.4 Å². The number of ether oxygens (including phenoxy) is 1. The maximum atomic E-state index is 14.3. The van der Waals surface area contributed by atoms with Crippen LogP contribution in [0.25, 0.3) is 10.9 Å². The quantitative estimate of drug-likeness (QED) is 0.213. The number of H-pyrrole nitrogens is 1. The molecule has 9 heteroatoms. The Balaban J connectivity index is 1.92. The smallest absolute Gasteiger partial charge is 0.257 e. The first-order chi connectivity index (χ1) is 17.2. The number of aromatic nitrogens is 1. The Bertz CT molecular complexity index is 1090. The SMILES string of the molecule is C=C(/C(=N\C(=C/C)NCCNCCCF)OC)[C@@H]1c2[nH]c3ccccc3c2C[C@@H](C)N1CC(C)(F)F. The molecule has 0 spiro atoms. The van der Waals surface area contributed by atoms with Crippen molar-refractivity contribution in [3.05, 3.63) is 59.6 Å². The molecule has 2 atom stereocenters. The summed E-state index contributed by atoms with van der Waals surface area (Å²) in [4.78, 5) is 9.88. The second-order valence-corrected chi connectivity index (χ2v) is 9.30. The van der Waals surface area contributed by atoms with Gasteiger partial charge in [-0.3, -0.25) is 9.29 Å². The van der Waals surface area contributed by atoms with E-state index in [0.29, 0.717) is 43.9 Å². The number of aliphatic imine (C=N–C) groups is 1. The van der Waals surface area contributed by atoms with Crippen LogP contribution in [0.1, 0.15) is 44.5 Å². The summed E-state index contributed by atoms with van der Waals surface area (Å²) in [6, 6.07) is 7.28. The maximum absolute atomic E-state index is 14.3. The van der Waals surface area contributed by atoms with Crippen molar-refractivity contribution in [2.24, 2.45) is 4.99 Å². The Morgan fingerprint density at radius 2 is 2.06 bits per heavy atom. The van der Waals surface area contributed by atoms with Crippen molar-refractivity contribution in [1.29, 1.82) is 0 Å². The minimum atomic E-state index is -2.88. The lowest BCUT2D eigenvalue weighted by molar-refractivity contribution is -0.0366. The van der Waals surface area contributed by atoms with E-state index in [2.05, 4.69) is 33.3 Å². The average molecular weight is 506 g/mol. The molecule has 0 fully saturated rings. The number of benzene rings is 1. The van der Waals surface area contributed by atoms with Crippen molar-refractivity contribution in [3.8, 4) is 0 Å². The van der Waals surface area contributed by atoms with Crippen molar-refractivity contribution in [1.82, 2.24) is 20.5 Å². The standard InChI is InChI=1S/C27H38F3N5O/c1-6-23(32-15-14-31-13-9-12-28)34-26(36-5)19(3)25-24-21(20-10-7-8-11-22(20)33-24)16-18(2)35(25)17-27(4,29)30/h6-8,10-11,18,25,31-33H,3,9,12-17H2,1-2,4-5H3/b23-6-,34-26+/t18-,25-/m1/s1. The van der Waals surface area contributed by atoms with Gasteiger partial charge in [0, 0.05) is 48.2 Å². The van der Waals surface area contributed by atoms with Crippen LogP contribution in [0.5, 0.6) is 0 Å². The molecule has 6 nitrogen and oxygen atoms in total. The van der Waals surface area contributed by atoms with E-state index in [9.17, 15) is 13.2 Å². The molecule has 0 bridgehead atoms. The van der Waals surface area contributed by atoms with E-state index in [0.717, 1.165) is 29.1 Å². The fourth-order valence-electron chi connectivity index (χ4n) is 4.73. The Hall–Kier alpha value is -2.78. The zero-order valence-corrected chi connectivity index (χ0v) is 21.6. The summed E-state index contributed by atoms with van der Waals surface area (Å²) in [6.45, 7) is 10.1. The molecule has 0 unspecified atom stereocenters. The van der Waals surface area contributed by atoms with Gasteiger partial charge in [0.1, 0.15) is 5.82 Å². The number of hydrogen-bond acceptors (Lipinski definition) is 5. The summed E-state index contributed by atoms with van der Waals surface area (Å²) < 4.78 is 46.5. The highest BCUT2D eigenvalue weighted by molar-refractivity contribution is 5.96. The number of allylic oxidation sites excluding steroid dienone is 1. The fraction of sp³-hybridized carbons (Fsp3) is 0.519. The lowest BCUT2D eigenvalue weighted by atomic mass is 9.88. The van der Waals surface area contributed by atoms with Gasteiger partial charge in [-0.15, -0.1) is 0 Å². The summed E-state index contributed by atoms with van der Waals surface area (Å²) in [5.74, 6) is -2.03. The first-order valence-corrected chi connectivity index (χ1v) is 12.4. The number of fused-ring (bicyclic) bond motifs is 3. The number of nitrogens with one attached hydrogen (secondary N) is 3. The maximum Gasteiger partial charge on any atom is 0.257 e. The van der Waals surface area contributed by atoms with E-state index >= 15 is 0 Å². The van der Waals surface area contributed by atoms with Crippen molar-refractivity contribution in [3.63, 3.8) is 0 Å². The second-order valence-electron chi connectivity index (χ2n) is 9.30. The highest BCUT2D eigenvalue weighted by Gasteiger charge is 2.41. The van der Waals surface area contributed by atoms with E-state index < -0.39 is 18.5 Å². The topological polar surface area (TPSA) is 64.7 Å². The van der Waals surface area contributed by atoms with Crippen molar-refractivity contribution < 1.29 is 17.9 Å².